The normalized spacial score (nSPS) is 20.4. The van der Waals surface area contributed by atoms with E-state index in [-0.39, 0.29) is 6.79 Å². The minimum absolute atomic E-state index is 0.287. The fraction of sp³-hybridized carbons (Fsp3) is 0.444. The molecule has 124 valence electrons. The molecule has 1 saturated heterocycles. The molecule has 1 aliphatic carbocycles. The minimum Gasteiger partial charge on any atom is -0.454 e. The van der Waals surface area contributed by atoms with Crippen LogP contribution in [0.2, 0.25) is 0 Å². The van der Waals surface area contributed by atoms with Gasteiger partial charge >= 0.3 is 0 Å². The van der Waals surface area contributed by atoms with Crippen molar-refractivity contribution in [1.82, 2.24) is 15.1 Å². The van der Waals surface area contributed by atoms with Gasteiger partial charge < -0.3 is 14.4 Å². The predicted octanol–water partition coefficient (Wildman–Crippen LogP) is 2.16. The highest BCUT2D eigenvalue weighted by Gasteiger charge is 2.31. The number of hydrogen-bond acceptors (Lipinski definition) is 6. The van der Waals surface area contributed by atoms with Gasteiger partial charge in [-0.05, 0) is 37.1 Å². The molecule has 6 nitrogen and oxygen atoms in total. The standard InChI is InChI=1S/C18H20N4O2/c1-4-16-17(24-12-23-16)11-13(1)18-15(5-6-19-20-18)22-9-7-21(8-10-22)14-2-3-14/h1,4-6,11,14H,2-3,7-10,12H2. The molecule has 6 heteroatoms. The van der Waals surface area contributed by atoms with Crippen LogP contribution in [0, 0.1) is 0 Å². The second kappa shape index (κ2) is 5.63. The number of aromatic nitrogens is 2. The predicted molar refractivity (Wildman–Crippen MR) is 90.4 cm³/mol. The zero-order chi connectivity index (χ0) is 15.9. The van der Waals surface area contributed by atoms with Crippen LogP contribution in [0.5, 0.6) is 11.5 Å². The lowest BCUT2D eigenvalue weighted by Gasteiger charge is -2.36. The highest BCUT2D eigenvalue weighted by molar-refractivity contribution is 5.76. The lowest BCUT2D eigenvalue weighted by atomic mass is 10.1. The topological polar surface area (TPSA) is 50.7 Å². The van der Waals surface area contributed by atoms with E-state index in [2.05, 4.69) is 26.1 Å². The maximum atomic E-state index is 5.50. The first-order valence-corrected chi connectivity index (χ1v) is 8.59. The van der Waals surface area contributed by atoms with Gasteiger partial charge in [-0.1, -0.05) is 0 Å². The van der Waals surface area contributed by atoms with Crippen molar-refractivity contribution in [3.05, 3.63) is 30.5 Å². The van der Waals surface area contributed by atoms with E-state index in [1.165, 1.54) is 12.8 Å². The Bertz CT molecular complexity index is 754. The van der Waals surface area contributed by atoms with Gasteiger partial charge in [0.05, 0.1) is 11.9 Å². The maximum absolute atomic E-state index is 5.50. The van der Waals surface area contributed by atoms with Crippen LogP contribution in [0.4, 0.5) is 5.69 Å². The summed E-state index contributed by atoms with van der Waals surface area (Å²) in [5.74, 6) is 1.57. The van der Waals surface area contributed by atoms with E-state index in [1.54, 1.807) is 6.20 Å². The summed E-state index contributed by atoms with van der Waals surface area (Å²) in [6, 6.07) is 8.88. The van der Waals surface area contributed by atoms with Gasteiger partial charge in [-0.3, -0.25) is 4.90 Å². The van der Waals surface area contributed by atoms with Crippen LogP contribution in [0.25, 0.3) is 11.3 Å². The fourth-order valence-corrected chi connectivity index (χ4v) is 3.60. The van der Waals surface area contributed by atoms with Crippen LogP contribution in [0.3, 0.4) is 0 Å². The largest absolute Gasteiger partial charge is 0.454 e. The molecule has 1 aromatic heterocycles. The highest BCUT2D eigenvalue weighted by Crippen LogP contribution is 2.38. The number of anilines is 1. The van der Waals surface area contributed by atoms with E-state index in [0.717, 1.165) is 60.7 Å². The molecule has 2 aliphatic heterocycles. The first-order valence-electron chi connectivity index (χ1n) is 8.59. The summed E-state index contributed by atoms with van der Waals surface area (Å²) in [5, 5.41) is 8.52. The minimum atomic E-state index is 0.287. The number of nitrogens with zero attached hydrogens (tertiary/aromatic N) is 4. The molecule has 2 aromatic rings. The first kappa shape index (κ1) is 14.0. The van der Waals surface area contributed by atoms with Crippen molar-refractivity contribution in [3.8, 4) is 22.8 Å². The Kier molecular flexibility index (Phi) is 3.29. The molecule has 0 atom stereocenters. The molecule has 0 amide bonds. The Balaban J connectivity index is 1.43. The maximum Gasteiger partial charge on any atom is 0.231 e. The van der Waals surface area contributed by atoms with E-state index in [4.69, 9.17) is 9.47 Å². The molecule has 0 bridgehead atoms. The Labute approximate surface area is 141 Å². The summed E-state index contributed by atoms with van der Waals surface area (Å²) in [6.07, 6.45) is 4.53. The number of piperazine rings is 1. The molecular formula is C18H20N4O2. The third-order valence-electron chi connectivity index (χ3n) is 5.06. The fourth-order valence-electron chi connectivity index (χ4n) is 3.60. The Morgan fingerprint density at radius 3 is 2.62 bits per heavy atom. The van der Waals surface area contributed by atoms with E-state index >= 15 is 0 Å². The lowest BCUT2D eigenvalue weighted by molar-refractivity contribution is 0.174. The van der Waals surface area contributed by atoms with Crippen LogP contribution in [-0.2, 0) is 0 Å². The lowest BCUT2D eigenvalue weighted by Crippen LogP contribution is -2.47. The second-order valence-electron chi connectivity index (χ2n) is 6.59. The molecule has 1 saturated carbocycles. The Morgan fingerprint density at radius 2 is 1.79 bits per heavy atom. The quantitative estimate of drug-likeness (QED) is 0.862. The Hall–Kier alpha value is -2.34. The van der Waals surface area contributed by atoms with Crippen molar-refractivity contribution in [2.24, 2.45) is 0 Å². The van der Waals surface area contributed by atoms with Gasteiger partial charge in [0.15, 0.2) is 11.5 Å². The summed E-state index contributed by atoms with van der Waals surface area (Å²) in [4.78, 5) is 5.04. The molecule has 0 spiro atoms. The van der Waals surface area contributed by atoms with Crippen molar-refractivity contribution in [2.45, 2.75) is 18.9 Å². The number of rotatable bonds is 3. The van der Waals surface area contributed by atoms with Crippen LogP contribution >= 0.6 is 0 Å². The van der Waals surface area contributed by atoms with E-state index in [0.29, 0.717) is 0 Å². The van der Waals surface area contributed by atoms with Gasteiger partial charge in [-0.25, -0.2) is 0 Å². The first-order chi connectivity index (χ1) is 11.9. The molecule has 3 aliphatic rings. The summed E-state index contributed by atoms with van der Waals surface area (Å²) in [7, 11) is 0. The molecule has 3 heterocycles. The molecule has 0 N–H and O–H groups in total. The van der Waals surface area contributed by atoms with Crippen molar-refractivity contribution < 1.29 is 9.47 Å². The average molecular weight is 324 g/mol. The highest BCUT2D eigenvalue weighted by atomic mass is 16.7. The van der Waals surface area contributed by atoms with Crippen LogP contribution in [0.1, 0.15) is 12.8 Å². The van der Waals surface area contributed by atoms with Crippen LogP contribution in [-0.4, -0.2) is 54.1 Å². The molecule has 2 fully saturated rings. The monoisotopic (exact) mass is 324 g/mol. The number of hydrogen-bond donors (Lipinski definition) is 0. The SMILES string of the molecule is c1cc(N2CCN(C3CC3)CC2)c(-c2ccc3c(c2)OCO3)nn1. The van der Waals surface area contributed by atoms with Crippen LogP contribution < -0.4 is 14.4 Å². The smallest absolute Gasteiger partial charge is 0.231 e. The molecule has 0 radical (unpaired) electrons. The van der Waals surface area contributed by atoms with Gasteiger partial charge in [0.25, 0.3) is 0 Å². The number of benzene rings is 1. The third kappa shape index (κ3) is 2.47. The van der Waals surface area contributed by atoms with E-state index in [1.807, 2.05) is 18.2 Å². The molecule has 24 heavy (non-hydrogen) atoms. The Morgan fingerprint density at radius 1 is 0.958 bits per heavy atom. The summed E-state index contributed by atoms with van der Waals surface area (Å²) in [6.45, 7) is 4.63. The van der Waals surface area contributed by atoms with Gasteiger partial charge in [0, 0.05) is 37.8 Å². The molecule has 0 unspecified atom stereocenters. The van der Waals surface area contributed by atoms with Crippen molar-refractivity contribution >= 4 is 5.69 Å². The zero-order valence-corrected chi connectivity index (χ0v) is 13.5. The average Bonchev–Trinajstić information content (AvgIpc) is 3.39. The second-order valence-corrected chi connectivity index (χ2v) is 6.59. The molecule has 5 rings (SSSR count). The van der Waals surface area contributed by atoms with Gasteiger partial charge in [-0.2, -0.15) is 5.10 Å². The zero-order valence-electron chi connectivity index (χ0n) is 13.5. The van der Waals surface area contributed by atoms with Crippen LogP contribution in [0.15, 0.2) is 30.5 Å². The van der Waals surface area contributed by atoms with Crippen molar-refractivity contribution in [3.63, 3.8) is 0 Å². The molecular weight excluding hydrogens is 304 g/mol. The summed E-state index contributed by atoms with van der Waals surface area (Å²) in [5.41, 5.74) is 3.09. The van der Waals surface area contributed by atoms with Gasteiger partial charge in [0.2, 0.25) is 6.79 Å². The summed E-state index contributed by atoms with van der Waals surface area (Å²) < 4.78 is 10.9. The van der Waals surface area contributed by atoms with Gasteiger partial charge in [-0.15, -0.1) is 5.10 Å². The van der Waals surface area contributed by atoms with E-state index < -0.39 is 0 Å². The third-order valence-corrected chi connectivity index (χ3v) is 5.06. The van der Waals surface area contributed by atoms with E-state index in [9.17, 15) is 0 Å². The number of ether oxygens (including phenoxy) is 2. The van der Waals surface area contributed by atoms with Crippen molar-refractivity contribution in [1.29, 1.82) is 0 Å². The van der Waals surface area contributed by atoms with Gasteiger partial charge in [0.1, 0.15) is 5.69 Å². The summed E-state index contributed by atoms with van der Waals surface area (Å²) >= 11 is 0. The van der Waals surface area contributed by atoms with Crippen molar-refractivity contribution in [2.75, 3.05) is 37.9 Å². The number of fused-ring (bicyclic) bond motifs is 1. The molecule has 1 aromatic carbocycles.